The van der Waals surface area contributed by atoms with E-state index in [0.717, 1.165) is 24.0 Å². The van der Waals surface area contributed by atoms with Crippen LogP contribution < -0.4 is 5.32 Å². The lowest BCUT2D eigenvalue weighted by Crippen LogP contribution is -2.27. The summed E-state index contributed by atoms with van der Waals surface area (Å²) in [6.45, 7) is 0. The molecule has 0 aromatic heterocycles. The van der Waals surface area contributed by atoms with Crippen LogP contribution in [0, 0.1) is 0 Å². The minimum absolute atomic E-state index is 0.0155. The minimum Gasteiger partial charge on any atom is -0.345 e. The van der Waals surface area contributed by atoms with Crippen molar-refractivity contribution in [2.45, 2.75) is 24.2 Å². The summed E-state index contributed by atoms with van der Waals surface area (Å²) < 4.78 is 0. The van der Waals surface area contributed by atoms with E-state index in [1.807, 2.05) is 30.3 Å². The first-order valence-corrected chi connectivity index (χ1v) is 7.94. The van der Waals surface area contributed by atoms with Gasteiger partial charge in [-0.15, -0.1) is 0 Å². The van der Waals surface area contributed by atoms with Gasteiger partial charge in [-0.1, -0.05) is 58.4 Å². The predicted octanol–water partition coefficient (Wildman–Crippen LogP) is 4.00. The van der Waals surface area contributed by atoms with Gasteiger partial charge in [0.25, 0.3) is 5.91 Å². The lowest BCUT2D eigenvalue weighted by molar-refractivity contribution is 0.0936. The molecule has 1 N–H and O–H groups in total. The Hall–Kier alpha value is -1.61. The molecule has 102 valence electrons. The first-order chi connectivity index (χ1) is 9.79. The van der Waals surface area contributed by atoms with Gasteiger partial charge in [-0.3, -0.25) is 4.79 Å². The summed E-state index contributed by atoms with van der Waals surface area (Å²) in [5.74, 6) is 0.0155. The number of alkyl halides is 1. The number of aryl methyl sites for hydroxylation is 1. The van der Waals surface area contributed by atoms with Gasteiger partial charge in [-0.2, -0.15) is 0 Å². The molecule has 2 nitrogen and oxygen atoms in total. The van der Waals surface area contributed by atoms with Crippen LogP contribution in [0.4, 0.5) is 0 Å². The molecule has 0 saturated carbocycles. The fourth-order valence-electron chi connectivity index (χ4n) is 2.80. The molecule has 0 saturated heterocycles. The normalized spacial score (nSPS) is 16.8. The van der Waals surface area contributed by atoms with E-state index in [0.29, 0.717) is 5.33 Å². The van der Waals surface area contributed by atoms with E-state index in [2.05, 4.69) is 39.4 Å². The lowest BCUT2D eigenvalue weighted by atomic mass is 10.1. The monoisotopic (exact) mass is 329 g/mol. The summed E-state index contributed by atoms with van der Waals surface area (Å²) >= 11 is 3.44. The van der Waals surface area contributed by atoms with Gasteiger partial charge in [-0.05, 0) is 35.6 Å². The number of hydrogen-bond acceptors (Lipinski definition) is 1. The van der Waals surface area contributed by atoms with Gasteiger partial charge in [0.2, 0.25) is 0 Å². The second-order valence-corrected chi connectivity index (χ2v) is 5.62. The van der Waals surface area contributed by atoms with Crippen LogP contribution in [0.5, 0.6) is 0 Å². The molecular weight excluding hydrogens is 314 g/mol. The number of rotatable bonds is 3. The molecule has 1 atom stereocenters. The Bertz CT molecular complexity index is 638. The quantitative estimate of drug-likeness (QED) is 0.847. The van der Waals surface area contributed by atoms with Crippen LogP contribution in [0.25, 0.3) is 0 Å². The molecule has 1 aliphatic carbocycles. The van der Waals surface area contributed by atoms with Crippen LogP contribution in [0.15, 0.2) is 48.5 Å². The minimum atomic E-state index is 0.0155. The smallest absolute Gasteiger partial charge is 0.252 e. The van der Waals surface area contributed by atoms with Crippen molar-refractivity contribution in [2.24, 2.45) is 0 Å². The Balaban J connectivity index is 1.81. The maximum absolute atomic E-state index is 12.5. The SMILES string of the molecule is O=C(NC1CCc2ccccc21)c1ccccc1CBr. The van der Waals surface area contributed by atoms with E-state index in [-0.39, 0.29) is 11.9 Å². The second-order valence-electron chi connectivity index (χ2n) is 5.05. The van der Waals surface area contributed by atoms with Crippen LogP contribution in [0.2, 0.25) is 0 Å². The number of fused-ring (bicyclic) bond motifs is 1. The van der Waals surface area contributed by atoms with Crippen molar-refractivity contribution in [1.82, 2.24) is 5.32 Å². The number of amides is 1. The van der Waals surface area contributed by atoms with Crippen LogP contribution in [0.3, 0.4) is 0 Å². The largest absolute Gasteiger partial charge is 0.345 e. The number of halogens is 1. The molecule has 2 aromatic rings. The summed E-state index contributed by atoms with van der Waals surface area (Å²) in [5, 5.41) is 3.86. The van der Waals surface area contributed by atoms with Gasteiger partial charge in [0.1, 0.15) is 0 Å². The van der Waals surface area contributed by atoms with E-state index in [1.165, 1.54) is 11.1 Å². The zero-order chi connectivity index (χ0) is 13.9. The van der Waals surface area contributed by atoms with Crippen LogP contribution in [-0.2, 0) is 11.8 Å². The fourth-order valence-corrected chi connectivity index (χ4v) is 3.29. The summed E-state index contributed by atoms with van der Waals surface area (Å²) in [7, 11) is 0. The van der Waals surface area contributed by atoms with Crippen LogP contribution in [-0.4, -0.2) is 5.91 Å². The molecule has 0 radical (unpaired) electrons. The standard InChI is InChI=1S/C17H16BrNO/c18-11-13-6-2-4-8-15(13)17(20)19-16-10-9-12-5-1-3-7-14(12)16/h1-8,16H,9-11H2,(H,19,20). The predicted molar refractivity (Wildman–Crippen MR) is 84.0 cm³/mol. The van der Waals surface area contributed by atoms with Gasteiger partial charge in [-0.25, -0.2) is 0 Å². The number of carbonyl (C=O) groups excluding carboxylic acids is 1. The van der Waals surface area contributed by atoms with Crippen molar-refractivity contribution in [3.8, 4) is 0 Å². The Morgan fingerprint density at radius 3 is 2.75 bits per heavy atom. The highest BCUT2D eigenvalue weighted by molar-refractivity contribution is 9.08. The molecule has 0 aliphatic heterocycles. The molecular formula is C17H16BrNO. The highest BCUT2D eigenvalue weighted by atomic mass is 79.9. The molecule has 0 heterocycles. The third kappa shape index (κ3) is 2.50. The van der Waals surface area contributed by atoms with Gasteiger partial charge in [0.05, 0.1) is 6.04 Å². The maximum Gasteiger partial charge on any atom is 0.252 e. The lowest BCUT2D eigenvalue weighted by Gasteiger charge is -2.15. The van der Waals surface area contributed by atoms with Gasteiger partial charge < -0.3 is 5.32 Å². The maximum atomic E-state index is 12.5. The van der Waals surface area contributed by atoms with Crippen molar-refractivity contribution >= 4 is 21.8 Å². The van der Waals surface area contributed by atoms with E-state index >= 15 is 0 Å². The summed E-state index contributed by atoms with van der Waals surface area (Å²) in [6.07, 6.45) is 2.03. The van der Waals surface area contributed by atoms with E-state index < -0.39 is 0 Å². The second kappa shape index (κ2) is 5.80. The van der Waals surface area contributed by atoms with Crippen molar-refractivity contribution in [2.75, 3.05) is 0 Å². The molecule has 1 unspecified atom stereocenters. The Kier molecular flexibility index (Phi) is 3.88. The first kappa shape index (κ1) is 13.4. The Morgan fingerprint density at radius 1 is 1.15 bits per heavy atom. The molecule has 2 aromatic carbocycles. The molecule has 3 heteroatoms. The molecule has 1 amide bonds. The van der Waals surface area contributed by atoms with Crippen LogP contribution >= 0.6 is 15.9 Å². The third-order valence-electron chi connectivity index (χ3n) is 3.84. The fraction of sp³-hybridized carbons (Fsp3) is 0.235. The molecule has 0 bridgehead atoms. The van der Waals surface area contributed by atoms with Crippen molar-refractivity contribution in [3.05, 3.63) is 70.8 Å². The zero-order valence-electron chi connectivity index (χ0n) is 11.1. The summed E-state index contributed by atoms with van der Waals surface area (Å²) in [4.78, 5) is 12.5. The molecule has 0 spiro atoms. The topological polar surface area (TPSA) is 29.1 Å². The third-order valence-corrected chi connectivity index (χ3v) is 4.45. The Labute approximate surface area is 127 Å². The van der Waals surface area contributed by atoms with Crippen molar-refractivity contribution < 1.29 is 4.79 Å². The molecule has 1 aliphatic rings. The zero-order valence-corrected chi connectivity index (χ0v) is 12.7. The average Bonchev–Trinajstić information content (AvgIpc) is 2.90. The number of hydrogen-bond donors (Lipinski definition) is 1. The molecule has 20 heavy (non-hydrogen) atoms. The number of carbonyl (C=O) groups is 1. The Morgan fingerprint density at radius 2 is 1.90 bits per heavy atom. The van der Waals surface area contributed by atoms with Gasteiger partial charge in [0, 0.05) is 10.9 Å². The highest BCUT2D eigenvalue weighted by Gasteiger charge is 2.24. The van der Waals surface area contributed by atoms with Crippen molar-refractivity contribution in [1.29, 1.82) is 0 Å². The first-order valence-electron chi connectivity index (χ1n) is 6.82. The summed E-state index contributed by atoms with van der Waals surface area (Å²) in [5.41, 5.74) is 4.40. The number of benzene rings is 2. The van der Waals surface area contributed by atoms with E-state index in [9.17, 15) is 4.79 Å². The van der Waals surface area contributed by atoms with Crippen molar-refractivity contribution in [3.63, 3.8) is 0 Å². The van der Waals surface area contributed by atoms with E-state index in [4.69, 9.17) is 0 Å². The van der Waals surface area contributed by atoms with E-state index in [1.54, 1.807) is 0 Å². The summed E-state index contributed by atoms with van der Waals surface area (Å²) in [6, 6.07) is 16.2. The number of nitrogens with one attached hydrogen (secondary N) is 1. The van der Waals surface area contributed by atoms with Gasteiger partial charge in [0.15, 0.2) is 0 Å². The average molecular weight is 330 g/mol. The van der Waals surface area contributed by atoms with Crippen LogP contribution in [0.1, 0.15) is 39.5 Å². The highest BCUT2D eigenvalue weighted by Crippen LogP contribution is 2.31. The molecule has 0 fully saturated rings. The molecule has 3 rings (SSSR count). The van der Waals surface area contributed by atoms with Gasteiger partial charge >= 0.3 is 0 Å².